The van der Waals surface area contributed by atoms with Gasteiger partial charge in [0.05, 0.1) is 0 Å². The molecule has 0 spiro atoms. The van der Waals surface area contributed by atoms with Gasteiger partial charge in [-0.05, 0) is 50.1 Å². The Labute approximate surface area is 176 Å². The third-order valence-corrected chi connectivity index (χ3v) is 5.08. The third-order valence-electron chi connectivity index (χ3n) is 4.05. The molecule has 0 saturated carbocycles. The molecule has 1 unspecified atom stereocenters. The van der Waals surface area contributed by atoms with Crippen molar-refractivity contribution >= 4 is 41.3 Å². The fraction of sp³-hybridized carbons (Fsp3) is 0.421. The zero-order valence-electron chi connectivity index (χ0n) is 15.4. The first-order chi connectivity index (χ1) is 12.1. The normalized spacial score (nSPS) is 13.9. The Morgan fingerprint density at radius 2 is 2.04 bits per heavy atom. The van der Waals surface area contributed by atoms with Crippen LogP contribution in [0.15, 0.2) is 35.3 Å². The number of aryl methyl sites for hydroxylation is 1. The molecule has 0 aliphatic carbocycles. The van der Waals surface area contributed by atoms with Crippen molar-refractivity contribution in [2.24, 2.45) is 4.99 Å². The molecule has 1 atom stereocenters. The number of halogens is 1. The summed E-state index contributed by atoms with van der Waals surface area (Å²) in [6, 6.07) is 10.8. The Bertz CT molecular complexity index is 748. The Kier molecular flexibility index (Phi) is 8.02. The Hall–Kier alpha value is -1.48. The third kappa shape index (κ3) is 5.77. The summed E-state index contributed by atoms with van der Waals surface area (Å²) in [7, 11) is 1.80. The molecule has 1 aromatic heterocycles. The molecule has 26 heavy (non-hydrogen) atoms. The summed E-state index contributed by atoms with van der Waals surface area (Å²) in [6.45, 7) is 5.45. The summed E-state index contributed by atoms with van der Waals surface area (Å²) >= 11 is 1.85. The highest BCUT2D eigenvalue weighted by atomic mass is 127. The van der Waals surface area contributed by atoms with E-state index in [-0.39, 0.29) is 24.0 Å². The standard InChI is InChI=1S/C19H25N3O2S.HI/c1-13(10-16-6-4-14(2)25-16)22-19(20-3)21-9-8-15-5-7-17-18(11-15)24-12-23-17;/h4-7,11,13H,8-10,12H2,1-3H3,(H2,20,21,22);1H. The number of rotatable bonds is 6. The van der Waals surface area contributed by atoms with Gasteiger partial charge in [-0.2, -0.15) is 0 Å². The van der Waals surface area contributed by atoms with E-state index in [0.29, 0.717) is 12.8 Å². The highest BCUT2D eigenvalue weighted by molar-refractivity contribution is 14.0. The molecule has 2 heterocycles. The summed E-state index contributed by atoms with van der Waals surface area (Å²) < 4.78 is 10.8. The van der Waals surface area contributed by atoms with Gasteiger partial charge in [-0.25, -0.2) is 0 Å². The lowest BCUT2D eigenvalue weighted by atomic mass is 10.1. The van der Waals surface area contributed by atoms with Gasteiger partial charge in [-0.1, -0.05) is 6.07 Å². The van der Waals surface area contributed by atoms with Crippen molar-refractivity contribution in [2.75, 3.05) is 20.4 Å². The van der Waals surface area contributed by atoms with Gasteiger partial charge in [0.15, 0.2) is 17.5 Å². The number of fused-ring (bicyclic) bond motifs is 1. The van der Waals surface area contributed by atoms with Gasteiger partial charge in [0, 0.05) is 35.8 Å². The predicted octanol–water partition coefficient (Wildman–Crippen LogP) is 3.74. The van der Waals surface area contributed by atoms with E-state index in [4.69, 9.17) is 9.47 Å². The number of aliphatic imine (C=N–C) groups is 1. The molecular weight excluding hydrogens is 461 g/mol. The minimum atomic E-state index is 0. The maximum Gasteiger partial charge on any atom is 0.231 e. The van der Waals surface area contributed by atoms with Crippen molar-refractivity contribution in [2.45, 2.75) is 32.7 Å². The first-order valence-corrected chi connectivity index (χ1v) is 9.36. The zero-order chi connectivity index (χ0) is 17.6. The second-order valence-corrected chi connectivity index (χ2v) is 7.57. The second-order valence-electron chi connectivity index (χ2n) is 6.20. The van der Waals surface area contributed by atoms with E-state index in [1.807, 2.05) is 23.5 Å². The van der Waals surface area contributed by atoms with Gasteiger partial charge in [-0.3, -0.25) is 4.99 Å². The van der Waals surface area contributed by atoms with E-state index in [1.54, 1.807) is 7.05 Å². The Morgan fingerprint density at radius 3 is 2.77 bits per heavy atom. The van der Waals surface area contributed by atoms with Crippen LogP contribution in [0, 0.1) is 6.92 Å². The van der Waals surface area contributed by atoms with E-state index in [1.165, 1.54) is 15.3 Å². The highest BCUT2D eigenvalue weighted by Gasteiger charge is 2.13. The topological polar surface area (TPSA) is 54.9 Å². The summed E-state index contributed by atoms with van der Waals surface area (Å²) in [5.41, 5.74) is 1.22. The van der Waals surface area contributed by atoms with Crippen LogP contribution in [-0.2, 0) is 12.8 Å². The molecule has 0 bridgehead atoms. The van der Waals surface area contributed by atoms with E-state index in [0.717, 1.165) is 36.8 Å². The molecule has 0 fully saturated rings. The number of nitrogens with zero attached hydrogens (tertiary/aromatic N) is 1. The lowest BCUT2D eigenvalue weighted by Gasteiger charge is -2.17. The van der Waals surface area contributed by atoms with Crippen LogP contribution in [0.1, 0.15) is 22.2 Å². The van der Waals surface area contributed by atoms with Crippen LogP contribution >= 0.6 is 35.3 Å². The minimum Gasteiger partial charge on any atom is -0.454 e. The zero-order valence-corrected chi connectivity index (χ0v) is 18.5. The summed E-state index contributed by atoms with van der Waals surface area (Å²) in [4.78, 5) is 7.07. The van der Waals surface area contributed by atoms with Gasteiger partial charge < -0.3 is 20.1 Å². The average Bonchev–Trinajstić information content (AvgIpc) is 3.22. The molecule has 5 nitrogen and oxygen atoms in total. The summed E-state index contributed by atoms with van der Waals surface area (Å²) in [5.74, 6) is 2.49. The molecule has 1 aliphatic rings. The number of guanidine groups is 1. The highest BCUT2D eigenvalue weighted by Crippen LogP contribution is 2.32. The van der Waals surface area contributed by atoms with Gasteiger partial charge in [0.25, 0.3) is 0 Å². The van der Waals surface area contributed by atoms with E-state index < -0.39 is 0 Å². The SMILES string of the molecule is CN=C(NCCc1ccc2c(c1)OCO2)NC(C)Cc1ccc(C)s1.I. The van der Waals surface area contributed by atoms with Crippen LogP contribution in [0.2, 0.25) is 0 Å². The maximum atomic E-state index is 5.42. The molecule has 2 aromatic rings. The number of thiophene rings is 1. The maximum absolute atomic E-state index is 5.42. The van der Waals surface area contributed by atoms with Crippen LogP contribution in [0.5, 0.6) is 11.5 Å². The lowest BCUT2D eigenvalue weighted by molar-refractivity contribution is 0.174. The number of hydrogen-bond donors (Lipinski definition) is 2. The van der Waals surface area contributed by atoms with Crippen LogP contribution in [0.3, 0.4) is 0 Å². The number of ether oxygens (including phenoxy) is 2. The smallest absolute Gasteiger partial charge is 0.231 e. The Morgan fingerprint density at radius 1 is 1.23 bits per heavy atom. The van der Waals surface area contributed by atoms with Crippen molar-refractivity contribution in [3.05, 3.63) is 45.6 Å². The lowest BCUT2D eigenvalue weighted by Crippen LogP contribution is -2.43. The minimum absolute atomic E-state index is 0. The quantitative estimate of drug-likeness (QED) is 0.371. The second kappa shape index (κ2) is 10.0. The molecule has 1 aliphatic heterocycles. The summed E-state index contributed by atoms with van der Waals surface area (Å²) in [5, 5.41) is 6.83. The number of hydrogen-bond acceptors (Lipinski definition) is 4. The van der Waals surface area contributed by atoms with E-state index in [2.05, 4.69) is 47.7 Å². The van der Waals surface area contributed by atoms with Crippen LogP contribution < -0.4 is 20.1 Å². The van der Waals surface area contributed by atoms with Crippen LogP contribution in [-0.4, -0.2) is 32.4 Å². The fourth-order valence-electron chi connectivity index (χ4n) is 2.80. The molecular formula is C19H26IN3O2S. The van der Waals surface area contributed by atoms with Crippen molar-refractivity contribution in [1.29, 1.82) is 0 Å². The first-order valence-electron chi connectivity index (χ1n) is 8.55. The Balaban J connectivity index is 0.00000243. The molecule has 0 radical (unpaired) electrons. The molecule has 2 N–H and O–H groups in total. The molecule has 3 rings (SSSR count). The fourth-order valence-corrected chi connectivity index (χ4v) is 3.82. The molecule has 7 heteroatoms. The van der Waals surface area contributed by atoms with Crippen molar-refractivity contribution in [3.63, 3.8) is 0 Å². The molecule has 142 valence electrons. The van der Waals surface area contributed by atoms with Crippen LogP contribution in [0.4, 0.5) is 0 Å². The van der Waals surface area contributed by atoms with Gasteiger partial charge >= 0.3 is 0 Å². The molecule has 0 saturated heterocycles. The monoisotopic (exact) mass is 487 g/mol. The summed E-state index contributed by atoms with van der Waals surface area (Å²) in [6.07, 6.45) is 1.90. The van der Waals surface area contributed by atoms with Crippen molar-refractivity contribution in [3.8, 4) is 11.5 Å². The first kappa shape index (κ1) is 20.8. The molecule has 0 amide bonds. The van der Waals surface area contributed by atoms with E-state index in [9.17, 15) is 0 Å². The van der Waals surface area contributed by atoms with E-state index >= 15 is 0 Å². The molecule has 1 aromatic carbocycles. The largest absolute Gasteiger partial charge is 0.454 e. The van der Waals surface area contributed by atoms with Gasteiger partial charge in [0.2, 0.25) is 6.79 Å². The predicted molar refractivity (Wildman–Crippen MR) is 118 cm³/mol. The average molecular weight is 487 g/mol. The van der Waals surface area contributed by atoms with Crippen molar-refractivity contribution < 1.29 is 9.47 Å². The number of nitrogens with one attached hydrogen (secondary N) is 2. The van der Waals surface area contributed by atoms with Crippen LogP contribution in [0.25, 0.3) is 0 Å². The van der Waals surface area contributed by atoms with Gasteiger partial charge in [-0.15, -0.1) is 35.3 Å². The van der Waals surface area contributed by atoms with Crippen molar-refractivity contribution in [1.82, 2.24) is 10.6 Å². The number of benzene rings is 1. The van der Waals surface area contributed by atoms with Gasteiger partial charge in [0.1, 0.15) is 0 Å².